The van der Waals surface area contributed by atoms with Gasteiger partial charge in [-0.15, -0.1) is 0 Å². The Bertz CT molecular complexity index is 636. The lowest BCUT2D eigenvalue weighted by Gasteiger charge is -2.14. The molecule has 0 aliphatic carbocycles. The number of benzene rings is 2. The van der Waals surface area contributed by atoms with Crippen LogP contribution in [-0.2, 0) is 0 Å². The number of hydrogen-bond acceptors (Lipinski definition) is 4. The third-order valence-electron chi connectivity index (χ3n) is 3.11. The zero-order chi connectivity index (χ0) is 15.9. The van der Waals surface area contributed by atoms with E-state index in [1.54, 1.807) is 20.3 Å². The lowest BCUT2D eigenvalue weighted by molar-refractivity contribution is 0.404. The third kappa shape index (κ3) is 4.12. The molecule has 2 N–H and O–H groups in total. The second-order valence-corrected chi connectivity index (χ2v) is 5.31. The fourth-order valence-electron chi connectivity index (χ4n) is 1.99. The van der Waals surface area contributed by atoms with Crippen LogP contribution in [0.1, 0.15) is 0 Å². The molecule has 118 valence electrons. The summed E-state index contributed by atoms with van der Waals surface area (Å²) in [5.74, 6) is 1.54. The molecular weight excluding hydrogens is 323 g/mol. The van der Waals surface area contributed by atoms with E-state index in [4.69, 9.17) is 32.7 Å². The average molecular weight is 341 g/mol. The lowest BCUT2D eigenvalue weighted by Crippen LogP contribution is -2.14. The van der Waals surface area contributed by atoms with Crippen molar-refractivity contribution in [1.29, 1.82) is 0 Å². The van der Waals surface area contributed by atoms with Gasteiger partial charge in [-0.05, 0) is 24.3 Å². The third-order valence-corrected chi connectivity index (χ3v) is 3.93. The number of nitrogens with one attached hydrogen (secondary N) is 2. The molecule has 0 aliphatic rings. The van der Waals surface area contributed by atoms with Crippen molar-refractivity contribution in [3.05, 3.63) is 46.4 Å². The van der Waals surface area contributed by atoms with Crippen LogP contribution in [0.25, 0.3) is 0 Å². The maximum atomic E-state index is 6.13. The van der Waals surface area contributed by atoms with Gasteiger partial charge in [0.1, 0.15) is 11.5 Å². The molecular formula is C16H18Cl2N2O2. The quantitative estimate of drug-likeness (QED) is 0.726. The van der Waals surface area contributed by atoms with Gasteiger partial charge in [-0.1, -0.05) is 29.3 Å². The summed E-state index contributed by atoms with van der Waals surface area (Å²) in [6.45, 7) is 1.37. The fourth-order valence-corrected chi connectivity index (χ4v) is 2.35. The SMILES string of the molecule is COc1ccc(OC)c(NCCNc2cccc(Cl)c2Cl)c1. The molecule has 0 radical (unpaired) electrons. The molecule has 2 rings (SSSR count). The molecule has 0 aliphatic heterocycles. The standard InChI is InChI=1S/C16H18Cl2N2O2/c1-21-11-6-7-15(22-2)14(10-11)20-9-8-19-13-5-3-4-12(17)16(13)18/h3-7,10,19-20H,8-9H2,1-2H3. The molecule has 0 aromatic heterocycles. The Balaban J connectivity index is 1.92. The maximum absolute atomic E-state index is 6.13. The van der Waals surface area contributed by atoms with Gasteiger partial charge in [0, 0.05) is 19.2 Å². The average Bonchev–Trinajstić information content (AvgIpc) is 2.55. The van der Waals surface area contributed by atoms with Crippen molar-refractivity contribution < 1.29 is 9.47 Å². The molecule has 0 amide bonds. The summed E-state index contributed by atoms with van der Waals surface area (Å²) in [7, 11) is 3.27. The van der Waals surface area contributed by atoms with Crippen LogP contribution in [0.2, 0.25) is 10.0 Å². The predicted molar refractivity (Wildman–Crippen MR) is 93.0 cm³/mol. The van der Waals surface area contributed by atoms with Crippen LogP contribution >= 0.6 is 23.2 Å². The predicted octanol–water partition coefficient (Wildman–Crippen LogP) is 4.53. The normalized spacial score (nSPS) is 10.2. The Morgan fingerprint density at radius 1 is 0.909 bits per heavy atom. The van der Waals surface area contributed by atoms with Gasteiger partial charge in [-0.3, -0.25) is 0 Å². The number of hydrogen-bond donors (Lipinski definition) is 2. The Morgan fingerprint density at radius 2 is 1.64 bits per heavy atom. The minimum atomic E-state index is 0.531. The fraction of sp³-hybridized carbons (Fsp3) is 0.250. The van der Waals surface area contributed by atoms with Crippen molar-refractivity contribution in [3.63, 3.8) is 0 Å². The van der Waals surface area contributed by atoms with Gasteiger partial charge in [0.2, 0.25) is 0 Å². The summed E-state index contributed by atoms with van der Waals surface area (Å²) < 4.78 is 10.5. The van der Waals surface area contributed by atoms with E-state index in [0.29, 0.717) is 23.1 Å². The van der Waals surface area contributed by atoms with Gasteiger partial charge < -0.3 is 20.1 Å². The largest absolute Gasteiger partial charge is 0.497 e. The van der Waals surface area contributed by atoms with E-state index in [1.165, 1.54) is 0 Å². The minimum Gasteiger partial charge on any atom is -0.497 e. The molecule has 0 spiro atoms. The van der Waals surface area contributed by atoms with Crippen LogP contribution in [0.4, 0.5) is 11.4 Å². The first-order valence-electron chi connectivity index (χ1n) is 6.79. The second-order valence-electron chi connectivity index (χ2n) is 4.52. The monoisotopic (exact) mass is 340 g/mol. The van der Waals surface area contributed by atoms with Gasteiger partial charge in [0.15, 0.2) is 0 Å². The summed E-state index contributed by atoms with van der Waals surface area (Å²) in [5.41, 5.74) is 1.69. The zero-order valence-corrected chi connectivity index (χ0v) is 14.0. The van der Waals surface area contributed by atoms with Crippen LogP contribution < -0.4 is 20.1 Å². The molecule has 2 aromatic carbocycles. The van der Waals surface area contributed by atoms with E-state index < -0.39 is 0 Å². The van der Waals surface area contributed by atoms with Crippen LogP contribution in [0, 0.1) is 0 Å². The molecule has 22 heavy (non-hydrogen) atoms. The van der Waals surface area contributed by atoms with Crippen LogP contribution in [0.3, 0.4) is 0 Å². The Hall–Kier alpha value is -1.78. The molecule has 0 heterocycles. The highest BCUT2D eigenvalue weighted by Crippen LogP contribution is 2.30. The van der Waals surface area contributed by atoms with Crippen molar-refractivity contribution in [2.24, 2.45) is 0 Å². The Kier molecular flexibility index (Phi) is 6.04. The van der Waals surface area contributed by atoms with Crippen molar-refractivity contribution in [2.45, 2.75) is 0 Å². The Morgan fingerprint density at radius 3 is 2.32 bits per heavy atom. The highest BCUT2D eigenvalue weighted by atomic mass is 35.5. The van der Waals surface area contributed by atoms with Crippen LogP contribution in [0.5, 0.6) is 11.5 Å². The number of anilines is 2. The van der Waals surface area contributed by atoms with Crippen molar-refractivity contribution in [3.8, 4) is 11.5 Å². The summed E-state index contributed by atoms with van der Waals surface area (Å²) in [4.78, 5) is 0. The number of halogens is 2. The lowest BCUT2D eigenvalue weighted by atomic mass is 10.2. The molecule has 0 saturated carbocycles. The molecule has 0 bridgehead atoms. The maximum Gasteiger partial charge on any atom is 0.142 e. The highest BCUT2D eigenvalue weighted by Gasteiger charge is 2.05. The number of ether oxygens (including phenoxy) is 2. The summed E-state index contributed by atoms with van der Waals surface area (Å²) in [5, 5.41) is 7.61. The van der Waals surface area contributed by atoms with E-state index >= 15 is 0 Å². The number of rotatable bonds is 7. The van der Waals surface area contributed by atoms with Crippen molar-refractivity contribution >= 4 is 34.6 Å². The zero-order valence-electron chi connectivity index (χ0n) is 12.5. The van der Waals surface area contributed by atoms with Crippen molar-refractivity contribution in [1.82, 2.24) is 0 Å². The number of methoxy groups -OCH3 is 2. The minimum absolute atomic E-state index is 0.531. The van der Waals surface area contributed by atoms with Crippen molar-refractivity contribution in [2.75, 3.05) is 37.9 Å². The first kappa shape index (κ1) is 16.6. The molecule has 6 heteroatoms. The summed E-state index contributed by atoms with van der Waals surface area (Å²) in [6, 6.07) is 11.1. The molecule has 4 nitrogen and oxygen atoms in total. The van der Waals surface area contributed by atoms with Crippen LogP contribution in [0.15, 0.2) is 36.4 Å². The van der Waals surface area contributed by atoms with Gasteiger partial charge in [0.25, 0.3) is 0 Å². The second kappa shape index (κ2) is 8.01. The van der Waals surface area contributed by atoms with E-state index in [-0.39, 0.29) is 0 Å². The summed E-state index contributed by atoms with van der Waals surface area (Å²) in [6.07, 6.45) is 0. The van der Waals surface area contributed by atoms with E-state index in [9.17, 15) is 0 Å². The first-order chi connectivity index (χ1) is 10.7. The van der Waals surface area contributed by atoms with Gasteiger partial charge in [-0.25, -0.2) is 0 Å². The topological polar surface area (TPSA) is 42.5 Å². The first-order valence-corrected chi connectivity index (χ1v) is 7.55. The van der Waals surface area contributed by atoms with E-state index in [2.05, 4.69) is 10.6 Å². The molecule has 2 aromatic rings. The smallest absolute Gasteiger partial charge is 0.142 e. The molecule has 0 unspecified atom stereocenters. The van der Waals surface area contributed by atoms with E-state index in [0.717, 1.165) is 22.9 Å². The highest BCUT2D eigenvalue weighted by molar-refractivity contribution is 6.43. The molecule has 0 atom stereocenters. The Labute approximate surface area is 140 Å². The van der Waals surface area contributed by atoms with Gasteiger partial charge >= 0.3 is 0 Å². The molecule has 0 fully saturated rings. The van der Waals surface area contributed by atoms with Gasteiger partial charge in [0.05, 0.1) is 35.6 Å². The van der Waals surface area contributed by atoms with E-state index in [1.807, 2.05) is 30.3 Å². The van der Waals surface area contributed by atoms with Gasteiger partial charge in [-0.2, -0.15) is 0 Å². The summed E-state index contributed by atoms with van der Waals surface area (Å²) >= 11 is 12.1. The van der Waals surface area contributed by atoms with Crippen LogP contribution in [-0.4, -0.2) is 27.3 Å². The molecule has 0 saturated heterocycles.